The number of amides is 1. The molecule has 5 heteroatoms. The van der Waals surface area contributed by atoms with Gasteiger partial charge in [-0.05, 0) is 38.8 Å². The Morgan fingerprint density at radius 1 is 1.42 bits per heavy atom. The summed E-state index contributed by atoms with van der Waals surface area (Å²) in [4.78, 5) is 14.5. The van der Waals surface area contributed by atoms with E-state index in [1.807, 2.05) is 11.8 Å². The van der Waals surface area contributed by atoms with Crippen LogP contribution in [0.4, 0.5) is 0 Å². The van der Waals surface area contributed by atoms with E-state index in [1.54, 1.807) is 0 Å². The van der Waals surface area contributed by atoms with Crippen molar-refractivity contribution in [1.82, 2.24) is 15.5 Å². The van der Waals surface area contributed by atoms with Crippen LogP contribution in [0.5, 0.6) is 0 Å². The fraction of sp³-hybridized carbons (Fsp3) is 0.929. The van der Waals surface area contributed by atoms with E-state index in [-0.39, 0.29) is 18.1 Å². The molecule has 0 aromatic rings. The molecule has 2 aliphatic heterocycles. The SMILES string of the molecule is CCNCC1CCN(C(=O)[C@H]2NCCO[C@@H]2C)CC1. The summed E-state index contributed by atoms with van der Waals surface area (Å²) in [5, 5.41) is 6.68. The summed E-state index contributed by atoms with van der Waals surface area (Å²) in [5.74, 6) is 0.936. The quantitative estimate of drug-likeness (QED) is 0.766. The first-order valence-electron chi connectivity index (χ1n) is 7.57. The van der Waals surface area contributed by atoms with Crippen LogP contribution in [0, 0.1) is 5.92 Å². The molecule has 2 saturated heterocycles. The van der Waals surface area contributed by atoms with Gasteiger partial charge in [0.2, 0.25) is 5.91 Å². The van der Waals surface area contributed by atoms with Gasteiger partial charge < -0.3 is 20.3 Å². The summed E-state index contributed by atoms with van der Waals surface area (Å²) in [6, 6.07) is -0.154. The average Bonchev–Trinajstić information content (AvgIpc) is 2.45. The fourth-order valence-electron chi connectivity index (χ4n) is 2.91. The van der Waals surface area contributed by atoms with Gasteiger partial charge in [-0.15, -0.1) is 0 Å². The largest absolute Gasteiger partial charge is 0.375 e. The minimum Gasteiger partial charge on any atom is -0.375 e. The maximum absolute atomic E-state index is 12.5. The summed E-state index contributed by atoms with van der Waals surface area (Å²) >= 11 is 0. The van der Waals surface area contributed by atoms with Gasteiger partial charge >= 0.3 is 0 Å². The molecular weight excluding hydrogens is 242 g/mol. The molecule has 110 valence electrons. The third kappa shape index (κ3) is 3.91. The molecule has 0 bridgehead atoms. The van der Waals surface area contributed by atoms with Crippen molar-refractivity contribution in [1.29, 1.82) is 0 Å². The van der Waals surface area contributed by atoms with Crippen molar-refractivity contribution in [2.24, 2.45) is 5.92 Å². The second-order valence-corrected chi connectivity index (χ2v) is 5.58. The maximum Gasteiger partial charge on any atom is 0.242 e. The first-order chi connectivity index (χ1) is 9.22. The normalized spacial score (nSPS) is 29.5. The predicted octanol–water partition coefficient (Wildman–Crippen LogP) is 0.211. The number of hydrogen-bond donors (Lipinski definition) is 2. The Bertz CT molecular complexity index is 290. The van der Waals surface area contributed by atoms with E-state index in [0.717, 1.165) is 51.5 Å². The van der Waals surface area contributed by atoms with Gasteiger partial charge in [-0.1, -0.05) is 6.92 Å². The molecule has 2 fully saturated rings. The average molecular weight is 269 g/mol. The van der Waals surface area contributed by atoms with Crippen molar-refractivity contribution in [3.05, 3.63) is 0 Å². The van der Waals surface area contributed by atoms with Gasteiger partial charge in [0.25, 0.3) is 0 Å². The highest BCUT2D eigenvalue weighted by molar-refractivity contribution is 5.82. The second kappa shape index (κ2) is 7.22. The number of ether oxygens (including phenoxy) is 1. The lowest BCUT2D eigenvalue weighted by atomic mass is 9.96. The van der Waals surface area contributed by atoms with E-state index in [2.05, 4.69) is 17.6 Å². The Hall–Kier alpha value is -0.650. The summed E-state index contributed by atoms with van der Waals surface area (Å²) in [7, 11) is 0. The van der Waals surface area contributed by atoms with Crippen LogP contribution in [0.3, 0.4) is 0 Å². The fourth-order valence-corrected chi connectivity index (χ4v) is 2.91. The van der Waals surface area contributed by atoms with Crippen molar-refractivity contribution >= 4 is 5.91 Å². The summed E-state index contributed by atoms with van der Waals surface area (Å²) in [5.41, 5.74) is 0. The molecule has 0 spiro atoms. The molecular formula is C14H27N3O2. The van der Waals surface area contributed by atoms with Crippen LogP contribution in [0.25, 0.3) is 0 Å². The number of nitrogens with zero attached hydrogens (tertiary/aromatic N) is 1. The highest BCUT2D eigenvalue weighted by atomic mass is 16.5. The Morgan fingerprint density at radius 3 is 2.79 bits per heavy atom. The van der Waals surface area contributed by atoms with Gasteiger partial charge in [0.05, 0.1) is 12.7 Å². The van der Waals surface area contributed by atoms with Gasteiger partial charge in [0, 0.05) is 19.6 Å². The Balaban J connectivity index is 1.78. The number of piperidine rings is 1. The highest BCUT2D eigenvalue weighted by Gasteiger charge is 2.33. The molecule has 2 rings (SSSR count). The molecule has 0 saturated carbocycles. The monoisotopic (exact) mass is 269 g/mol. The van der Waals surface area contributed by atoms with Crippen molar-refractivity contribution < 1.29 is 9.53 Å². The van der Waals surface area contributed by atoms with Crippen LogP contribution in [0.1, 0.15) is 26.7 Å². The van der Waals surface area contributed by atoms with E-state index in [9.17, 15) is 4.79 Å². The van der Waals surface area contributed by atoms with Gasteiger partial charge in [-0.2, -0.15) is 0 Å². The molecule has 0 aromatic carbocycles. The highest BCUT2D eigenvalue weighted by Crippen LogP contribution is 2.18. The lowest BCUT2D eigenvalue weighted by Gasteiger charge is -2.37. The molecule has 2 aliphatic rings. The summed E-state index contributed by atoms with van der Waals surface area (Å²) < 4.78 is 5.56. The summed E-state index contributed by atoms with van der Waals surface area (Å²) in [6.07, 6.45) is 2.21. The number of hydrogen-bond acceptors (Lipinski definition) is 4. The zero-order chi connectivity index (χ0) is 13.7. The van der Waals surface area contributed by atoms with Crippen molar-refractivity contribution in [2.75, 3.05) is 39.3 Å². The second-order valence-electron chi connectivity index (χ2n) is 5.58. The van der Waals surface area contributed by atoms with E-state index in [1.165, 1.54) is 0 Å². The Labute approximate surface area is 116 Å². The number of likely N-dealkylation sites (tertiary alicyclic amines) is 1. The van der Waals surface area contributed by atoms with Gasteiger partial charge in [0.15, 0.2) is 0 Å². The predicted molar refractivity (Wildman–Crippen MR) is 75.1 cm³/mol. The number of morpholine rings is 1. The zero-order valence-corrected chi connectivity index (χ0v) is 12.2. The lowest BCUT2D eigenvalue weighted by molar-refractivity contribution is -0.140. The van der Waals surface area contributed by atoms with Crippen molar-refractivity contribution in [3.63, 3.8) is 0 Å². The molecule has 5 nitrogen and oxygen atoms in total. The van der Waals surface area contributed by atoms with E-state index < -0.39 is 0 Å². The van der Waals surface area contributed by atoms with Crippen LogP contribution < -0.4 is 10.6 Å². The van der Waals surface area contributed by atoms with Crippen LogP contribution in [0.2, 0.25) is 0 Å². The Kier molecular flexibility index (Phi) is 5.60. The van der Waals surface area contributed by atoms with Crippen LogP contribution >= 0.6 is 0 Å². The van der Waals surface area contributed by atoms with Gasteiger partial charge in [0.1, 0.15) is 6.04 Å². The first-order valence-corrected chi connectivity index (χ1v) is 7.57. The molecule has 2 atom stereocenters. The van der Waals surface area contributed by atoms with Crippen LogP contribution in [-0.4, -0.2) is 62.3 Å². The minimum absolute atomic E-state index is 0.0132. The first kappa shape index (κ1) is 14.8. The Morgan fingerprint density at radius 2 is 2.16 bits per heavy atom. The van der Waals surface area contributed by atoms with Gasteiger partial charge in [-0.25, -0.2) is 0 Å². The standard InChI is InChI=1S/C14H27N3O2/c1-3-15-10-12-4-7-17(8-5-12)14(18)13-11(2)19-9-6-16-13/h11-13,15-16H,3-10H2,1-2H3/t11-,13+/m1/s1. The summed E-state index contributed by atoms with van der Waals surface area (Å²) in [6.45, 7) is 9.48. The van der Waals surface area contributed by atoms with E-state index >= 15 is 0 Å². The topological polar surface area (TPSA) is 53.6 Å². The molecule has 0 unspecified atom stereocenters. The van der Waals surface area contributed by atoms with Crippen molar-refractivity contribution in [3.8, 4) is 0 Å². The third-order valence-electron chi connectivity index (χ3n) is 4.19. The number of carbonyl (C=O) groups excluding carboxylic acids is 1. The molecule has 1 amide bonds. The molecule has 0 aromatic heterocycles. The molecule has 0 radical (unpaired) electrons. The minimum atomic E-state index is -0.154. The molecule has 2 heterocycles. The smallest absolute Gasteiger partial charge is 0.242 e. The maximum atomic E-state index is 12.5. The zero-order valence-electron chi connectivity index (χ0n) is 12.2. The number of carbonyl (C=O) groups is 1. The van der Waals surface area contributed by atoms with E-state index in [4.69, 9.17) is 4.74 Å². The van der Waals surface area contributed by atoms with Crippen LogP contribution in [0.15, 0.2) is 0 Å². The van der Waals surface area contributed by atoms with Gasteiger partial charge in [-0.3, -0.25) is 4.79 Å². The molecule has 19 heavy (non-hydrogen) atoms. The van der Waals surface area contributed by atoms with Crippen LogP contribution in [-0.2, 0) is 9.53 Å². The lowest BCUT2D eigenvalue weighted by Crippen LogP contribution is -2.57. The molecule has 0 aliphatic carbocycles. The number of nitrogens with one attached hydrogen (secondary N) is 2. The third-order valence-corrected chi connectivity index (χ3v) is 4.19. The molecule has 2 N–H and O–H groups in total. The van der Waals surface area contributed by atoms with E-state index in [0.29, 0.717) is 6.61 Å². The van der Waals surface area contributed by atoms with Crippen molar-refractivity contribution in [2.45, 2.75) is 38.8 Å². The number of rotatable bonds is 4.